The average molecular weight is 782 g/mol. The standard InChI is InChI=1S/C39H67N5O11/c1-29(2)34(41-37(47)54-25-23-52-21-19-50-5)35(45)43-44(27-32-15-11-8-12-16-32)28-33(18-17-31-13-9-7-10-14-31)40-36(46)39(49,30(3)4)42-38(48)55-26-24-53-22-20-51-6/h7,9-10,13-14,29-30,32-34,49H,8,11-12,15-28H2,1-6H3,(H,40,46)(H,41,47)(H,42,48)(H,43,45)/t33-,34-,39+/m0/s1. The van der Waals surface area contributed by atoms with Crippen molar-refractivity contribution in [2.75, 3.05) is 80.2 Å². The summed E-state index contributed by atoms with van der Waals surface area (Å²) in [7, 11) is 3.12. The van der Waals surface area contributed by atoms with Crippen LogP contribution in [0.4, 0.5) is 9.59 Å². The van der Waals surface area contributed by atoms with Crippen LogP contribution >= 0.6 is 0 Å². The van der Waals surface area contributed by atoms with Gasteiger partial charge in [-0.15, -0.1) is 0 Å². The minimum atomic E-state index is -2.31. The summed E-state index contributed by atoms with van der Waals surface area (Å²) in [5.41, 5.74) is 1.78. The molecule has 1 fully saturated rings. The third-order valence-corrected chi connectivity index (χ3v) is 9.35. The Bertz CT molecular complexity index is 1240. The summed E-state index contributed by atoms with van der Waals surface area (Å²) in [4.78, 5) is 53.2. The van der Waals surface area contributed by atoms with Crippen LogP contribution in [0.3, 0.4) is 0 Å². The topological polar surface area (TPSA) is 195 Å². The van der Waals surface area contributed by atoms with E-state index in [1.807, 2.05) is 44.2 Å². The number of hydrogen-bond acceptors (Lipinski definition) is 12. The summed E-state index contributed by atoms with van der Waals surface area (Å²) in [5.74, 6) is -1.95. The van der Waals surface area contributed by atoms with Gasteiger partial charge in [0.1, 0.15) is 19.3 Å². The van der Waals surface area contributed by atoms with Crippen molar-refractivity contribution in [1.82, 2.24) is 26.4 Å². The minimum absolute atomic E-state index is 0.0111. The molecule has 3 atom stereocenters. The van der Waals surface area contributed by atoms with E-state index >= 15 is 0 Å². The van der Waals surface area contributed by atoms with Gasteiger partial charge in [0, 0.05) is 39.3 Å². The van der Waals surface area contributed by atoms with Crippen molar-refractivity contribution in [3.8, 4) is 0 Å². The number of rotatable bonds is 27. The van der Waals surface area contributed by atoms with E-state index in [-0.39, 0.29) is 38.9 Å². The summed E-state index contributed by atoms with van der Waals surface area (Å²) in [6.07, 6.45) is 4.64. The number of nitrogens with one attached hydrogen (secondary N) is 4. The maximum atomic E-state index is 13.9. The van der Waals surface area contributed by atoms with Crippen molar-refractivity contribution in [3.05, 3.63) is 35.9 Å². The van der Waals surface area contributed by atoms with E-state index in [9.17, 15) is 24.3 Å². The van der Waals surface area contributed by atoms with Gasteiger partial charge in [0.25, 0.3) is 11.8 Å². The van der Waals surface area contributed by atoms with Crippen molar-refractivity contribution in [1.29, 1.82) is 0 Å². The summed E-state index contributed by atoms with van der Waals surface area (Å²) in [6, 6.07) is 8.28. The maximum Gasteiger partial charge on any atom is 0.409 e. The normalized spacial score (nSPS) is 15.6. The highest BCUT2D eigenvalue weighted by Gasteiger charge is 2.43. The first-order chi connectivity index (χ1) is 26.4. The van der Waals surface area contributed by atoms with Crippen LogP contribution in [0.2, 0.25) is 0 Å². The minimum Gasteiger partial charge on any atom is -0.447 e. The van der Waals surface area contributed by atoms with Gasteiger partial charge in [-0.2, -0.15) is 0 Å². The second-order valence-electron chi connectivity index (χ2n) is 14.5. The summed E-state index contributed by atoms with van der Waals surface area (Å²) in [5, 5.41) is 21.4. The average Bonchev–Trinajstić information content (AvgIpc) is 3.16. The molecule has 1 aromatic carbocycles. The van der Waals surface area contributed by atoms with Gasteiger partial charge in [-0.05, 0) is 43.1 Å². The maximum absolute atomic E-state index is 13.9. The zero-order chi connectivity index (χ0) is 40.5. The molecule has 16 nitrogen and oxygen atoms in total. The predicted octanol–water partition coefficient (Wildman–Crippen LogP) is 3.17. The zero-order valence-corrected chi connectivity index (χ0v) is 33.8. The highest BCUT2D eigenvalue weighted by Crippen LogP contribution is 2.24. The monoisotopic (exact) mass is 781 g/mol. The molecule has 0 aliphatic heterocycles. The number of amides is 4. The first-order valence-corrected chi connectivity index (χ1v) is 19.5. The van der Waals surface area contributed by atoms with Crippen molar-refractivity contribution >= 4 is 24.0 Å². The molecule has 314 valence electrons. The number of alkyl carbamates (subject to hydrolysis) is 2. The lowest BCUT2D eigenvalue weighted by Crippen LogP contribution is -2.65. The van der Waals surface area contributed by atoms with E-state index in [1.54, 1.807) is 33.1 Å². The lowest BCUT2D eigenvalue weighted by molar-refractivity contribution is -0.149. The highest BCUT2D eigenvalue weighted by molar-refractivity contribution is 5.88. The summed E-state index contributed by atoms with van der Waals surface area (Å²) >= 11 is 0. The smallest absolute Gasteiger partial charge is 0.409 e. The van der Waals surface area contributed by atoms with Crippen molar-refractivity contribution in [2.45, 2.75) is 90.4 Å². The van der Waals surface area contributed by atoms with Gasteiger partial charge >= 0.3 is 12.2 Å². The first kappa shape index (κ1) is 47.6. The van der Waals surface area contributed by atoms with Crippen LogP contribution in [0.25, 0.3) is 0 Å². The number of nitrogens with zero attached hydrogens (tertiary/aromatic N) is 1. The second kappa shape index (κ2) is 27.1. The molecule has 2 rings (SSSR count). The molecule has 0 bridgehead atoms. The van der Waals surface area contributed by atoms with Crippen LogP contribution in [0.1, 0.15) is 71.8 Å². The number of hydrogen-bond donors (Lipinski definition) is 5. The van der Waals surface area contributed by atoms with Gasteiger partial charge in [0.15, 0.2) is 0 Å². The Kier molecular flexibility index (Phi) is 23.5. The molecule has 0 aromatic heterocycles. The molecule has 0 heterocycles. The Morgan fingerprint density at radius 2 is 1.38 bits per heavy atom. The number of carbonyl (C=O) groups is 4. The quantitative estimate of drug-likeness (QED) is 0.0498. The van der Waals surface area contributed by atoms with Gasteiger partial charge in [0.05, 0.1) is 39.6 Å². The van der Waals surface area contributed by atoms with Crippen LogP contribution in [0.5, 0.6) is 0 Å². The van der Waals surface area contributed by atoms with Gasteiger partial charge in [-0.3, -0.25) is 20.3 Å². The Morgan fingerprint density at radius 3 is 1.95 bits per heavy atom. The SMILES string of the molecule is COCCOCCOC(=O)N[C@H](C(=O)NN(CC1CCCCC1)C[C@H](CCc1ccccc1)NC(=O)[C@@](O)(NC(=O)OCCOCCOC)C(C)C)C(C)C. The number of hydrazine groups is 1. The van der Waals surface area contributed by atoms with Crippen LogP contribution in [-0.2, 0) is 44.4 Å². The zero-order valence-electron chi connectivity index (χ0n) is 33.8. The number of aliphatic hydroxyl groups is 1. The molecule has 5 N–H and O–H groups in total. The largest absolute Gasteiger partial charge is 0.447 e. The van der Waals surface area contributed by atoms with Crippen LogP contribution in [0.15, 0.2) is 30.3 Å². The number of methoxy groups -OCH3 is 2. The molecule has 4 amide bonds. The summed E-state index contributed by atoms with van der Waals surface area (Å²) in [6.45, 7) is 9.32. The predicted molar refractivity (Wildman–Crippen MR) is 206 cm³/mol. The van der Waals surface area contributed by atoms with E-state index in [2.05, 4.69) is 21.4 Å². The lowest BCUT2D eigenvalue weighted by atomic mass is 9.89. The molecule has 1 aliphatic carbocycles. The van der Waals surface area contributed by atoms with E-state index in [1.165, 1.54) is 0 Å². The molecule has 1 aliphatic rings. The van der Waals surface area contributed by atoms with Gasteiger partial charge in [-0.1, -0.05) is 77.3 Å². The van der Waals surface area contributed by atoms with E-state index in [0.29, 0.717) is 51.7 Å². The van der Waals surface area contributed by atoms with Gasteiger partial charge < -0.3 is 44.2 Å². The molecule has 0 unspecified atom stereocenters. The molecule has 0 spiro atoms. The van der Waals surface area contributed by atoms with Crippen LogP contribution in [-0.4, -0.2) is 132 Å². The van der Waals surface area contributed by atoms with Crippen molar-refractivity contribution in [2.24, 2.45) is 17.8 Å². The number of benzene rings is 1. The molecule has 1 aromatic rings. The Morgan fingerprint density at radius 1 is 0.800 bits per heavy atom. The van der Waals surface area contributed by atoms with Crippen LogP contribution < -0.4 is 21.4 Å². The fourth-order valence-corrected chi connectivity index (χ4v) is 6.06. The number of carbonyl (C=O) groups excluding carboxylic acids is 4. The molecule has 0 saturated heterocycles. The van der Waals surface area contributed by atoms with Gasteiger partial charge in [-0.25, -0.2) is 14.6 Å². The van der Waals surface area contributed by atoms with E-state index < -0.39 is 47.7 Å². The third-order valence-electron chi connectivity index (χ3n) is 9.35. The van der Waals surface area contributed by atoms with Crippen molar-refractivity contribution < 1.29 is 52.7 Å². The molecule has 1 saturated carbocycles. The number of ether oxygens (including phenoxy) is 6. The highest BCUT2D eigenvalue weighted by atomic mass is 16.6. The lowest BCUT2D eigenvalue weighted by Gasteiger charge is -2.36. The Hall–Kier alpha value is -3.54. The van der Waals surface area contributed by atoms with Gasteiger partial charge in [0.2, 0.25) is 5.72 Å². The molecule has 0 radical (unpaired) electrons. The summed E-state index contributed by atoms with van der Waals surface area (Å²) < 4.78 is 31.0. The molecular formula is C39H67N5O11. The first-order valence-electron chi connectivity index (χ1n) is 19.5. The molecule has 16 heteroatoms. The molecule has 55 heavy (non-hydrogen) atoms. The van der Waals surface area contributed by atoms with E-state index in [0.717, 1.165) is 37.7 Å². The third kappa shape index (κ3) is 19.2. The van der Waals surface area contributed by atoms with E-state index in [4.69, 9.17) is 28.4 Å². The fourth-order valence-electron chi connectivity index (χ4n) is 6.06. The Balaban J connectivity index is 2.24. The fraction of sp³-hybridized carbons (Fsp3) is 0.744. The Labute approximate surface area is 327 Å². The van der Waals surface area contributed by atoms with Crippen molar-refractivity contribution in [3.63, 3.8) is 0 Å². The second-order valence-corrected chi connectivity index (χ2v) is 14.5. The van der Waals surface area contributed by atoms with Crippen LogP contribution in [0, 0.1) is 17.8 Å². The number of aryl methyl sites for hydroxylation is 1. The molecular weight excluding hydrogens is 714 g/mol.